The Morgan fingerprint density at radius 3 is 2.86 bits per heavy atom. The van der Waals surface area contributed by atoms with Gasteiger partial charge in [0, 0.05) is 12.2 Å². The number of anilines is 1. The van der Waals surface area contributed by atoms with E-state index in [1.165, 1.54) is 12.0 Å². The minimum atomic E-state index is -0.888. The molecule has 0 spiro atoms. The van der Waals surface area contributed by atoms with Crippen molar-refractivity contribution in [1.29, 1.82) is 0 Å². The average molecular weight is 288 g/mol. The Morgan fingerprint density at radius 2 is 2.14 bits per heavy atom. The highest BCUT2D eigenvalue weighted by molar-refractivity contribution is 5.89. The molecule has 0 aromatic heterocycles. The first-order chi connectivity index (χ1) is 10.1. The van der Waals surface area contributed by atoms with Crippen LogP contribution in [0.25, 0.3) is 0 Å². The van der Waals surface area contributed by atoms with Gasteiger partial charge in [0.15, 0.2) is 0 Å². The Kier molecular flexibility index (Phi) is 5.37. The molecule has 1 aromatic rings. The molecule has 0 fully saturated rings. The van der Waals surface area contributed by atoms with Crippen LogP contribution in [0.1, 0.15) is 31.2 Å². The molecule has 0 unspecified atom stereocenters. The lowest BCUT2D eigenvalue weighted by Crippen LogP contribution is -2.29. The third-order valence-corrected chi connectivity index (χ3v) is 3.41. The van der Waals surface area contributed by atoms with Crippen molar-refractivity contribution in [3.63, 3.8) is 0 Å². The lowest BCUT2D eigenvalue weighted by Gasteiger charge is -2.09. The van der Waals surface area contributed by atoms with Crippen LogP contribution < -0.4 is 10.6 Å². The number of carboxylic acid groups (broad SMARTS) is 1. The molecule has 0 atom stereocenters. The standard InChI is InChI=1S/C16H20N2O3/c19-15(20)11-13-6-3-7-14(10-13)18-16(21)17-9-8-12-4-1-2-5-12/h3-4,6-7,10H,1-2,5,8-9,11H2,(H,19,20)(H2,17,18,21). The number of amides is 2. The molecule has 3 N–H and O–H groups in total. The van der Waals surface area contributed by atoms with Crippen molar-refractivity contribution < 1.29 is 14.7 Å². The molecule has 21 heavy (non-hydrogen) atoms. The number of carboxylic acids is 1. The van der Waals surface area contributed by atoms with Crippen molar-refractivity contribution in [1.82, 2.24) is 5.32 Å². The van der Waals surface area contributed by atoms with Gasteiger partial charge < -0.3 is 15.7 Å². The van der Waals surface area contributed by atoms with Crippen LogP contribution in [0, 0.1) is 0 Å². The quantitative estimate of drug-likeness (QED) is 0.704. The third kappa shape index (κ3) is 5.30. The molecule has 2 rings (SSSR count). The predicted molar refractivity (Wildman–Crippen MR) is 81.4 cm³/mol. The summed E-state index contributed by atoms with van der Waals surface area (Å²) in [6.07, 6.45) is 6.60. The second-order valence-corrected chi connectivity index (χ2v) is 5.16. The number of aliphatic carboxylic acids is 1. The van der Waals surface area contributed by atoms with Crippen molar-refractivity contribution in [2.75, 3.05) is 11.9 Å². The molecule has 0 radical (unpaired) electrons. The number of benzene rings is 1. The summed E-state index contributed by atoms with van der Waals surface area (Å²) in [4.78, 5) is 22.4. The Hall–Kier alpha value is -2.30. The zero-order valence-electron chi connectivity index (χ0n) is 11.9. The summed E-state index contributed by atoms with van der Waals surface area (Å²) in [5, 5.41) is 14.3. The number of carbonyl (C=O) groups excluding carboxylic acids is 1. The van der Waals surface area contributed by atoms with E-state index in [2.05, 4.69) is 16.7 Å². The Labute approximate surface area is 124 Å². The van der Waals surface area contributed by atoms with Gasteiger partial charge >= 0.3 is 12.0 Å². The number of rotatable bonds is 6. The number of carbonyl (C=O) groups is 2. The normalized spacial score (nSPS) is 13.6. The maximum atomic E-state index is 11.8. The van der Waals surface area contributed by atoms with Crippen LogP contribution in [0.2, 0.25) is 0 Å². The largest absolute Gasteiger partial charge is 0.481 e. The fraction of sp³-hybridized carbons (Fsp3) is 0.375. The van der Waals surface area contributed by atoms with Gasteiger partial charge in [0.25, 0.3) is 0 Å². The molecule has 0 saturated carbocycles. The second kappa shape index (κ2) is 7.47. The SMILES string of the molecule is O=C(O)Cc1cccc(NC(=O)NCCC2=CCCC2)c1. The second-order valence-electron chi connectivity index (χ2n) is 5.16. The highest BCUT2D eigenvalue weighted by Crippen LogP contribution is 2.19. The van der Waals surface area contributed by atoms with Gasteiger partial charge in [-0.15, -0.1) is 0 Å². The van der Waals surface area contributed by atoms with Crippen molar-refractivity contribution in [3.05, 3.63) is 41.5 Å². The zero-order chi connectivity index (χ0) is 15.1. The molecule has 1 aliphatic carbocycles. The van der Waals surface area contributed by atoms with Gasteiger partial charge in [0.05, 0.1) is 6.42 Å². The van der Waals surface area contributed by atoms with Crippen molar-refractivity contribution in [2.45, 2.75) is 32.1 Å². The summed E-state index contributed by atoms with van der Waals surface area (Å²) in [7, 11) is 0. The summed E-state index contributed by atoms with van der Waals surface area (Å²) in [6, 6.07) is 6.61. The average Bonchev–Trinajstić information content (AvgIpc) is 2.91. The fourth-order valence-electron chi connectivity index (χ4n) is 2.41. The van der Waals surface area contributed by atoms with Crippen molar-refractivity contribution >= 4 is 17.7 Å². The molecule has 1 aliphatic rings. The topological polar surface area (TPSA) is 78.4 Å². The monoisotopic (exact) mass is 288 g/mol. The molecule has 112 valence electrons. The predicted octanol–water partition coefficient (Wildman–Crippen LogP) is 2.94. The molecule has 0 saturated heterocycles. The fourth-order valence-corrected chi connectivity index (χ4v) is 2.41. The molecular weight excluding hydrogens is 268 g/mol. The molecule has 0 aliphatic heterocycles. The van der Waals surface area contributed by atoms with Crippen LogP contribution in [-0.2, 0) is 11.2 Å². The lowest BCUT2D eigenvalue weighted by molar-refractivity contribution is -0.136. The van der Waals surface area contributed by atoms with Crippen LogP contribution >= 0.6 is 0 Å². The smallest absolute Gasteiger partial charge is 0.319 e. The van der Waals surface area contributed by atoms with E-state index in [1.54, 1.807) is 24.3 Å². The molecule has 2 amide bonds. The van der Waals surface area contributed by atoms with E-state index in [9.17, 15) is 9.59 Å². The first-order valence-electron chi connectivity index (χ1n) is 7.17. The van der Waals surface area contributed by atoms with E-state index in [1.807, 2.05) is 0 Å². The number of hydrogen-bond donors (Lipinski definition) is 3. The first-order valence-corrected chi connectivity index (χ1v) is 7.17. The minimum Gasteiger partial charge on any atom is -0.481 e. The summed E-state index contributed by atoms with van der Waals surface area (Å²) in [5.74, 6) is -0.888. The third-order valence-electron chi connectivity index (χ3n) is 3.41. The van der Waals surface area contributed by atoms with Gasteiger partial charge in [-0.25, -0.2) is 4.79 Å². The molecular formula is C16H20N2O3. The zero-order valence-corrected chi connectivity index (χ0v) is 11.9. The van der Waals surface area contributed by atoms with Crippen LogP contribution in [0.3, 0.4) is 0 Å². The van der Waals surface area contributed by atoms with Crippen LogP contribution in [0.15, 0.2) is 35.9 Å². The Bertz CT molecular complexity index is 552. The van der Waals surface area contributed by atoms with Gasteiger partial charge in [0.2, 0.25) is 0 Å². The van der Waals surface area contributed by atoms with E-state index < -0.39 is 5.97 Å². The summed E-state index contributed by atoms with van der Waals surface area (Å²) in [5.41, 5.74) is 2.68. The van der Waals surface area contributed by atoms with Gasteiger partial charge in [-0.2, -0.15) is 0 Å². The summed E-state index contributed by atoms with van der Waals surface area (Å²) < 4.78 is 0. The number of nitrogens with one attached hydrogen (secondary N) is 2. The summed E-state index contributed by atoms with van der Waals surface area (Å²) in [6.45, 7) is 0.618. The molecule has 5 heteroatoms. The van der Waals surface area contributed by atoms with E-state index in [0.29, 0.717) is 17.8 Å². The number of urea groups is 1. The van der Waals surface area contributed by atoms with E-state index in [0.717, 1.165) is 19.3 Å². The number of hydrogen-bond acceptors (Lipinski definition) is 2. The van der Waals surface area contributed by atoms with Crippen LogP contribution in [-0.4, -0.2) is 23.7 Å². The van der Waals surface area contributed by atoms with Crippen molar-refractivity contribution in [2.24, 2.45) is 0 Å². The lowest BCUT2D eigenvalue weighted by atomic mass is 10.1. The van der Waals surface area contributed by atoms with Gasteiger partial charge in [-0.3, -0.25) is 4.79 Å². The number of allylic oxidation sites excluding steroid dienone is 1. The Morgan fingerprint density at radius 1 is 1.29 bits per heavy atom. The van der Waals surface area contributed by atoms with E-state index in [-0.39, 0.29) is 12.5 Å². The minimum absolute atomic E-state index is 0.0503. The highest BCUT2D eigenvalue weighted by atomic mass is 16.4. The maximum Gasteiger partial charge on any atom is 0.319 e. The van der Waals surface area contributed by atoms with Gasteiger partial charge in [0.1, 0.15) is 0 Å². The van der Waals surface area contributed by atoms with E-state index in [4.69, 9.17) is 5.11 Å². The van der Waals surface area contributed by atoms with E-state index >= 15 is 0 Å². The highest BCUT2D eigenvalue weighted by Gasteiger charge is 2.06. The molecule has 1 aromatic carbocycles. The Balaban J connectivity index is 1.77. The van der Waals surface area contributed by atoms with Crippen LogP contribution in [0.4, 0.5) is 10.5 Å². The van der Waals surface area contributed by atoms with Gasteiger partial charge in [-0.05, 0) is 43.4 Å². The maximum absolute atomic E-state index is 11.8. The summed E-state index contributed by atoms with van der Waals surface area (Å²) >= 11 is 0. The molecule has 0 bridgehead atoms. The first kappa shape index (κ1) is 15.1. The van der Waals surface area contributed by atoms with Crippen molar-refractivity contribution in [3.8, 4) is 0 Å². The molecule has 5 nitrogen and oxygen atoms in total. The molecule has 0 heterocycles. The van der Waals surface area contributed by atoms with Crippen LogP contribution in [0.5, 0.6) is 0 Å². The van der Waals surface area contributed by atoms with Gasteiger partial charge in [-0.1, -0.05) is 23.8 Å².